The van der Waals surface area contributed by atoms with Crippen LogP contribution in [0.5, 0.6) is 0 Å². The zero-order valence-corrected chi connectivity index (χ0v) is 20.3. The van der Waals surface area contributed by atoms with Crippen molar-refractivity contribution in [3.05, 3.63) is 0 Å². The average Bonchev–Trinajstić information content (AvgIpc) is 2.62. The average molecular weight is 428 g/mol. The maximum Gasteiger partial charge on any atom is 0.177 e. The number of carbonyl (C=O) groups is 2. The SMILES string of the molecule is CCCCCCCCCCCCCCCCCC(=O)C(O)(CC(=O)[O-])C[N+](C)(C)C. The lowest BCUT2D eigenvalue weighted by Crippen LogP contribution is -2.56. The molecule has 0 aliphatic rings. The minimum Gasteiger partial charge on any atom is -0.550 e. The van der Waals surface area contributed by atoms with E-state index in [0.717, 1.165) is 12.8 Å². The van der Waals surface area contributed by atoms with Crippen molar-refractivity contribution < 1.29 is 24.3 Å². The van der Waals surface area contributed by atoms with Crippen LogP contribution in [0.15, 0.2) is 0 Å². The van der Waals surface area contributed by atoms with Gasteiger partial charge in [-0.25, -0.2) is 0 Å². The first-order valence-corrected chi connectivity index (χ1v) is 12.4. The third kappa shape index (κ3) is 16.8. The van der Waals surface area contributed by atoms with E-state index in [9.17, 15) is 19.8 Å². The summed E-state index contributed by atoms with van der Waals surface area (Å²) in [6.07, 6.45) is 18.4. The molecule has 0 rings (SSSR count). The minimum absolute atomic E-state index is 0.0819. The number of aliphatic carboxylic acids is 1. The molecule has 0 saturated carbocycles. The lowest BCUT2D eigenvalue weighted by atomic mass is 9.89. The molecule has 0 amide bonds. The smallest absolute Gasteiger partial charge is 0.177 e. The summed E-state index contributed by atoms with van der Waals surface area (Å²) in [5.74, 6) is -1.75. The van der Waals surface area contributed by atoms with Crippen LogP contribution < -0.4 is 5.11 Å². The predicted octanol–water partition coefficient (Wildman–Crippen LogP) is 4.39. The Morgan fingerprint density at radius 1 is 0.733 bits per heavy atom. The van der Waals surface area contributed by atoms with Gasteiger partial charge in [0.15, 0.2) is 11.4 Å². The Hall–Kier alpha value is -0.940. The highest BCUT2D eigenvalue weighted by Gasteiger charge is 2.40. The summed E-state index contributed by atoms with van der Waals surface area (Å²) < 4.78 is 0.328. The first-order valence-electron chi connectivity index (χ1n) is 12.4. The predicted molar refractivity (Wildman–Crippen MR) is 122 cm³/mol. The zero-order chi connectivity index (χ0) is 22.9. The minimum atomic E-state index is -1.83. The molecule has 0 aromatic heterocycles. The monoisotopic (exact) mass is 427 g/mol. The molecular formula is C25H49NO4. The molecule has 0 bridgehead atoms. The fourth-order valence-corrected chi connectivity index (χ4v) is 4.16. The molecule has 0 fully saturated rings. The highest BCUT2D eigenvalue weighted by molar-refractivity contribution is 5.90. The number of quaternary nitrogens is 1. The lowest BCUT2D eigenvalue weighted by molar-refractivity contribution is -0.875. The summed E-state index contributed by atoms with van der Waals surface area (Å²) in [5, 5.41) is 21.6. The van der Waals surface area contributed by atoms with E-state index >= 15 is 0 Å². The van der Waals surface area contributed by atoms with Crippen LogP contribution in [0.2, 0.25) is 0 Å². The van der Waals surface area contributed by atoms with Crippen LogP contribution in [-0.2, 0) is 9.59 Å². The van der Waals surface area contributed by atoms with Gasteiger partial charge in [0.2, 0.25) is 0 Å². The Labute approximate surface area is 185 Å². The summed E-state index contributed by atoms with van der Waals surface area (Å²) in [6.45, 7) is 2.34. The molecule has 0 saturated heterocycles. The van der Waals surface area contributed by atoms with E-state index in [1.54, 1.807) is 0 Å². The number of rotatable bonds is 21. The summed E-state index contributed by atoms with van der Waals surface area (Å²) in [6, 6.07) is 0. The van der Waals surface area contributed by atoms with E-state index in [1.165, 1.54) is 77.0 Å². The van der Waals surface area contributed by atoms with Crippen LogP contribution >= 0.6 is 0 Å². The maximum absolute atomic E-state index is 12.5. The van der Waals surface area contributed by atoms with Gasteiger partial charge in [-0.15, -0.1) is 0 Å². The Bertz CT molecular complexity index is 459. The van der Waals surface area contributed by atoms with Gasteiger partial charge in [0.25, 0.3) is 0 Å². The number of likely N-dealkylation sites (N-methyl/N-ethyl adjacent to an activating group) is 1. The number of unbranched alkanes of at least 4 members (excludes halogenated alkanes) is 14. The lowest BCUT2D eigenvalue weighted by Gasteiger charge is -2.34. The molecular weight excluding hydrogens is 378 g/mol. The number of hydrogen-bond donors (Lipinski definition) is 1. The molecule has 0 aromatic rings. The third-order valence-corrected chi connectivity index (χ3v) is 5.70. The van der Waals surface area contributed by atoms with Crippen LogP contribution in [0, 0.1) is 0 Å². The molecule has 1 atom stereocenters. The molecule has 0 aromatic carbocycles. The summed E-state index contributed by atoms with van der Waals surface area (Å²) >= 11 is 0. The Kier molecular flexibility index (Phi) is 16.2. The number of aliphatic hydroxyl groups is 1. The fraction of sp³-hybridized carbons (Fsp3) is 0.920. The molecule has 5 heteroatoms. The van der Waals surface area contributed by atoms with Crippen LogP contribution in [0.1, 0.15) is 116 Å². The molecule has 1 unspecified atom stereocenters. The van der Waals surface area contributed by atoms with E-state index in [2.05, 4.69) is 6.92 Å². The van der Waals surface area contributed by atoms with Crippen molar-refractivity contribution in [1.82, 2.24) is 0 Å². The summed E-state index contributed by atoms with van der Waals surface area (Å²) in [5.41, 5.74) is -1.83. The number of carbonyl (C=O) groups excluding carboxylic acids is 2. The number of carboxylic acid groups (broad SMARTS) is 1. The van der Waals surface area contributed by atoms with Gasteiger partial charge in [0.1, 0.15) is 6.54 Å². The van der Waals surface area contributed by atoms with Gasteiger partial charge < -0.3 is 19.5 Å². The van der Waals surface area contributed by atoms with Crippen molar-refractivity contribution in [1.29, 1.82) is 0 Å². The second-order valence-electron chi connectivity index (χ2n) is 10.2. The van der Waals surface area contributed by atoms with Crippen molar-refractivity contribution in [2.45, 2.75) is 122 Å². The number of Topliss-reactive ketones (excluding diaryl/α,β-unsaturated/α-hetero) is 1. The summed E-state index contributed by atoms with van der Waals surface area (Å²) in [4.78, 5) is 23.4. The summed E-state index contributed by atoms with van der Waals surface area (Å²) in [7, 11) is 5.50. The van der Waals surface area contributed by atoms with Gasteiger partial charge >= 0.3 is 0 Å². The third-order valence-electron chi connectivity index (χ3n) is 5.70. The first kappa shape index (κ1) is 29.1. The van der Waals surface area contributed by atoms with Gasteiger partial charge in [-0.1, -0.05) is 96.8 Å². The van der Waals surface area contributed by atoms with Crippen LogP contribution in [0.3, 0.4) is 0 Å². The number of ketones is 1. The number of nitrogens with zero attached hydrogens (tertiary/aromatic N) is 1. The first-order chi connectivity index (χ1) is 14.1. The second kappa shape index (κ2) is 16.7. The van der Waals surface area contributed by atoms with Crippen molar-refractivity contribution in [2.24, 2.45) is 0 Å². The molecule has 30 heavy (non-hydrogen) atoms. The molecule has 1 N–H and O–H groups in total. The molecule has 0 spiro atoms. The Morgan fingerprint density at radius 3 is 1.43 bits per heavy atom. The second-order valence-corrected chi connectivity index (χ2v) is 10.2. The molecule has 0 aliphatic carbocycles. The van der Waals surface area contributed by atoms with Gasteiger partial charge in [-0.3, -0.25) is 4.79 Å². The van der Waals surface area contributed by atoms with E-state index < -0.39 is 18.0 Å². The molecule has 178 valence electrons. The van der Waals surface area contributed by atoms with Gasteiger partial charge in [0.05, 0.1) is 21.1 Å². The van der Waals surface area contributed by atoms with Crippen LogP contribution in [0.4, 0.5) is 0 Å². The quantitative estimate of drug-likeness (QED) is 0.218. The number of carboxylic acids is 1. The van der Waals surface area contributed by atoms with E-state index in [0.29, 0.717) is 10.9 Å². The van der Waals surface area contributed by atoms with Crippen LogP contribution in [-0.4, -0.2) is 54.6 Å². The van der Waals surface area contributed by atoms with Crippen molar-refractivity contribution in [2.75, 3.05) is 27.7 Å². The Balaban J connectivity index is 3.74. The Morgan fingerprint density at radius 2 is 1.10 bits per heavy atom. The molecule has 5 nitrogen and oxygen atoms in total. The molecule has 0 aliphatic heterocycles. The number of hydrogen-bond acceptors (Lipinski definition) is 4. The van der Waals surface area contributed by atoms with Gasteiger partial charge in [-0.2, -0.15) is 0 Å². The highest BCUT2D eigenvalue weighted by atomic mass is 16.4. The van der Waals surface area contributed by atoms with E-state index in [-0.39, 0.29) is 18.7 Å². The zero-order valence-electron chi connectivity index (χ0n) is 20.3. The molecule has 0 heterocycles. The van der Waals surface area contributed by atoms with Gasteiger partial charge in [-0.05, 0) is 6.42 Å². The van der Waals surface area contributed by atoms with Crippen LogP contribution in [0.25, 0.3) is 0 Å². The topological polar surface area (TPSA) is 77.4 Å². The normalized spacial score (nSPS) is 13.9. The standard InChI is InChI=1S/C25H49NO4/c1-5-6-7-8-9-10-11-12-13-14-15-16-17-18-19-20-23(27)25(30,21-24(28)29)22-26(2,3)4/h30H,5-22H2,1-4H3. The van der Waals surface area contributed by atoms with Crippen molar-refractivity contribution in [3.63, 3.8) is 0 Å². The van der Waals surface area contributed by atoms with Crippen molar-refractivity contribution in [3.8, 4) is 0 Å². The van der Waals surface area contributed by atoms with E-state index in [4.69, 9.17) is 0 Å². The largest absolute Gasteiger partial charge is 0.550 e. The fourth-order valence-electron chi connectivity index (χ4n) is 4.16. The maximum atomic E-state index is 12.5. The van der Waals surface area contributed by atoms with E-state index in [1.807, 2.05) is 21.1 Å². The highest BCUT2D eigenvalue weighted by Crippen LogP contribution is 2.20. The van der Waals surface area contributed by atoms with Gasteiger partial charge in [0, 0.05) is 18.8 Å². The van der Waals surface area contributed by atoms with Crippen molar-refractivity contribution >= 4 is 11.8 Å². The molecule has 0 radical (unpaired) electrons.